The van der Waals surface area contributed by atoms with Crippen LogP contribution in [0.5, 0.6) is 0 Å². The van der Waals surface area contributed by atoms with Gasteiger partial charge in [0.05, 0.1) is 0 Å². The van der Waals surface area contributed by atoms with Crippen LogP contribution in [0.15, 0.2) is 36.4 Å². The van der Waals surface area contributed by atoms with Gasteiger partial charge in [-0.2, -0.15) is 0 Å². The zero-order valence-electron chi connectivity index (χ0n) is 11.6. The Kier molecular flexibility index (Phi) is 4.05. The zero-order valence-corrected chi connectivity index (χ0v) is 12.4. The number of fused-ring (bicyclic) bond motifs is 1. The summed E-state index contributed by atoms with van der Waals surface area (Å²) in [5.41, 5.74) is 7.86. The molecule has 0 amide bonds. The maximum atomic E-state index is 5.79. The zero-order chi connectivity index (χ0) is 14.0. The van der Waals surface area contributed by atoms with Crippen LogP contribution in [0.1, 0.15) is 26.3 Å². The number of nitrogens with two attached hydrogens (primary N) is 1. The summed E-state index contributed by atoms with van der Waals surface area (Å²) in [5.74, 6) is 0.578. The molecule has 0 aliphatic heterocycles. The molecule has 2 aromatic rings. The fraction of sp³-hybridized carbons (Fsp3) is 0.312. The lowest BCUT2D eigenvalue weighted by Gasteiger charge is -2.21. The Morgan fingerprint density at radius 1 is 1.05 bits per heavy atom. The van der Waals surface area contributed by atoms with Gasteiger partial charge in [0.25, 0.3) is 0 Å². The highest BCUT2D eigenvalue weighted by molar-refractivity contribution is 7.80. The van der Waals surface area contributed by atoms with Gasteiger partial charge in [-0.05, 0) is 30.4 Å². The van der Waals surface area contributed by atoms with Crippen LogP contribution in [0.4, 0.5) is 5.69 Å². The highest BCUT2D eigenvalue weighted by Crippen LogP contribution is 2.27. The van der Waals surface area contributed by atoms with Crippen LogP contribution >= 0.6 is 12.2 Å². The first-order chi connectivity index (χ1) is 9.00. The maximum Gasteiger partial charge on any atom is 0.104 e. The molecule has 2 nitrogen and oxygen atoms in total. The van der Waals surface area contributed by atoms with E-state index in [-0.39, 0.29) is 0 Å². The summed E-state index contributed by atoms with van der Waals surface area (Å²) in [6, 6.07) is 12.7. The summed E-state index contributed by atoms with van der Waals surface area (Å²) >= 11 is 5.12. The Hall–Kier alpha value is -1.61. The van der Waals surface area contributed by atoms with Crippen LogP contribution in [0.2, 0.25) is 0 Å². The topological polar surface area (TPSA) is 38.0 Å². The summed E-state index contributed by atoms with van der Waals surface area (Å²) < 4.78 is 0. The van der Waals surface area contributed by atoms with E-state index >= 15 is 0 Å². The van der Waals surface area contributed by atoms with Crippen molar-refractivity contribution in [2.24, 2.45) is 11.7 Å². The molecule has 0 fully saturated rings. The van der Waals surface area contributed by atoms with Crippen LogP contribution in [0.3, 0.4) is 0 Å². The van der Waals surface area contributed by atoms with Crippen LogP contribution in [0, 0.1) is 5.92 Å². The monoisotopic (exact) mass is 272 g/mol. The molecule has 3 N–H and O–H groups in total. The van der Waals surface area contributed by atoms with E-state index in [0.717, 1.165) is 16.6 Å². The molecule has 0 aliphatic carbocycles. The second kappa shape index (κ2) is 5.57. The smallest absolute Gasteiger partial charge is 0.104 e. The van der Waals surface area contributed by atoms with Gasteiger partial charge in [0, 0.05) is 22.7 Å². The standard InChI is InChI=1S/C16H20N2S/c1-10(2)11(3)18-15-9-8-14(16(17)19)12-6-4-5-7-13(12)15/h4-11,18H,1-3H3,(H2,17,19). The molecule has 2 rings (SSSR count). The number of hydrogen-bond donors (Lipinski definition) is 2. The second-order valence-corrected chi connectivity index (χ2v) is 5.69. The maximum absolute atomic E-state index is 5.79. The predicted octanol–water partition coefficient (Wildman–Crippen LogP) is 3.93. The van der Waals surface area contributed by atoms with Gasteiger partial charge < -0.3 is 11.1 Å². The minimum atomic E-state index is 0.416. The van der Waals surface area contributed by atoms with Crippen molar-refractivity contribution in [1.29, 1.82) is 0 Å². The van der Waals surface area contributed by atoms with E-state index in [1.807, 2.05) is 18.2 Å². The normalized spacial score (nSPS) is 12.6. The van der Waals surface area contributed by atoms with Crippen molar-refractivity contribution < 1.29 is 0 Å². The number of thiocarbonyl (C=S) groups is 1. The molecule has 100 valence electrons. The van der Waals surface area contributed by atoms with Gasteiger partial charge in [-0.25, -0.2) is 0 Å². The van der Waals surface area contributed by atoms with Gasteiger partial charge in [0.1, 0.15) is 4.99 Å². The Balaban J connectivity index is 2.53. The van der Waals surface area contributed by atoms with Gasteiger partial charge in [-0.1, -0.05) is 50.3 Å². The average molecular weight is 272 g/mol. The Labute approximate surface area is 120 Å². The molecule has 2 aromatic carbocycles. The van der Waals surface area contributed by atoms with E-state index in [2.05, 4.69) is 44.3 Å². The van der Waals surface area contributed by atoms with E-state index in [9.17, 15) is 0 Å². The SMILES string of the molecule is CC(C)C(C)Nc1ccc(C(N)=S)c2ccccc12. The molecule has 0 aromatic heterocycles. The van der Waals surface area contributed by atoms with Crippen LogP contribution in [0.25, 0.3) is 10.8 Å². The van der Waals surface area contributed by atoms with Gasteiger partial charge >= 0.3 is 0 Å². The van der Waals surface area contributed by atoms with Gasteiger partial charge in [0.2, 0.25) is 0 Å². The molecule has 1 atom stereocenters. The summed E-state index contributed by atoms with van der Waals surface area (Å²) in [7, 11) is 0. The molecule has 0 heterocycles. The van der Waals surface area contributed by atoms with E-state index in [4.69, 9.17) is 18.0 Å². The number of anilines is 1. The quantitative estimate of drug-likeness (QED) is 0.828. The van der Waals surface area contributed by atoms with Gasteiger partial charge in [-0.3, -0.25) is 0 Å². The first-order valence-electron chi connectivity index (χ1n) is 6.58. The first-order valence-corrected chi connectivity index (χ1v) is 6.99. The van der Waals surface area contributed by atoms with Gasteiger partial charge in [0.15, 0.2) is 0 Å². The molecule has 1 unspecified atom stereocenters. The van der Waals surface area contributed by atoms with Crippen molar-refractivity contribution in [2.75, 3.05) is 5.32 Å². The Bertz CT molecular complexity index is 605. The lowest BCUT2D eigenvalue weighted by atomic mass is 10.0. The molecule has 0 spiro atoms. The summed E-state index contributed by atoms with van der Waals surface area (Å²) in [4.78, 5) is 0.444. The largest absolute Gasteiger partial charge is 0.389 e. The van der Waals surface area contributed by atoms with E-state index < -0.39 is 0 Å². The number of benzene rings is 2. The van der Waals surface area contributed by atoms with Crippen molar-refractivity contribution in [1.82, 2.24) is 0 Å². The lowest BCUT2D eigenvalue weighted by Crippen LogP contribution is -2.21. The average Bonchev–Trinajstić information content (AvgIpc) is 2.38. The molecule has 19 heavy (non-hydrogen) atoms. The fourth-order valence-electron chi connectivity index (χ4n) is 2.05. The third-order valence-electron chi connectivity index (χ3n) is 3.57. The predicted molar refractivity (Wildman–Crippen MR) is 87.8 cm³/mol. The molecular weight excluding hydrogens is 252 g/mol. The minimum absolute atomic E-state index is 0.416. The molecule has 0 bridgehead atoms. The molecular formula is C16H20N2S. The van der Waals surface area contributed by atoms with Crippen molar-refractivity contribution in [2.45, 2.75) is 26.8 Å². The van der Waals surface area contributed by atoms with Crippen molar-refractivity contribution >= 4 is 33.7 Å². The van der Waals surface area contributed by atoms with E-state index in [1.165, 1.54) is 5.39 Å². The van der Waals surface area contributed by atoms with E-state index in [1.54, 1.807) is 0 Å². The molecule has 3 heteroatoms. The highest BCUT2D eigenvalue weighted by atomic mass is 32.1. The van der Waals surface area contributed by atoms with Gasteiger partial charge in [-0.15, -0.1) is 0 Å². The molecule has 0 aliphatic rings. The first kappa shape index (κ1) is 13.8. The molecule has 0 saturated carbocycles. The number of nitrogens with one attached hydrogen (secondary N) is 1. The number of rotatable bonds is 4. The highest BCUT2D eigenvalue weighted by Gasteiger charge is 2.11. The van der Waals surface area contributed by atoms with Crippen molar-refractivity contribution in [3.63, 3.8) is 0 Å². The summed E-state index contributed by atoms with van der Waals surface area (Å²) in [6.07, 6.45) is 0. The second-order valence-electron chi connectivity index (χ2n) is 5.25. The Morgan fingerprint density at radius 2 is 1.68 bits per heavy atom. The fourth-order valence-corrected chi connectivity index (χ4v) is 2.23. The van der Waals surface area contributed by atoms with Crippen molar-refractivity contribution in [3.05, 3.63) is 42.0 Å². The molecule has 0 saturated heterocycles. The molecule has 0 radical (unpaired) electrons. The summed E-state index contributed by atoms with van der Waals surface area (Å²) in [6.45, 7) is 6.62. The third kappa shape index (κ3) is 2.87. The lowest BCUT2D eigenvalue weighted by molar-refractivity contribution is 0.560. The summed E-state index contributed by atoms with van der Waals surface area (Å²) in [5, 5.41) is 5.84. The van der Waals surface area contributed by atoms with Crippen LogP contribution in [-0.2, 0) is 0 Å². The van der Waals surface area contributed by atoms with Crippen LogP contribution in [-0.4, -0.2) is 11.0 Å². The van der Waals surface area contributed by atoms with E-state index in [0.29, 0.717) is 16.9 Å². The number of hydrogen-bond acceptors (Lipinski definition) is 2. The van der Waals surface area contributed by atoms with Crippen molar-refractivity contribution in [3.8, 4) is 0 Å². The third-order valence-corrected chi connectivity index (χ3v) is 3.79. The van der Waals surface area contributed by atoms with Crippen LogP contribution < -0.4 is 11.1 Å². The minimum Gasteiger partial charge on any atom is -0.389 e. The Morgan fingerprint density at radius 3 is 2.26 bits per heavy atom.